The highest BCUT2D eigenvalue weighted by Gasteiger charge is 2.39. The third-order valence-electron chi connectivity index (χ3n) is 2.67. The monoisotopic (exact) mass is 286 g/mol. The molecule has 0 fully saturated rings. The number of alkyl halides is 3. The highest BCUT2D eigenvalue weighted by atomic mass is 19.4. The minimum absolute atomic E-state index is 0.198. The van der Waals surface area contributed by atoms with Crippen molar-refractivity contribution in [2.45, 2.75) is 32.6 Å². The molecule has 108 valence electrons. The van der Waals surface area contributed by atoms with Crippen molar-refractivity contribution in [2.75, 3.05) is 0 Å². The van der Waals surface area contributed by atoms with Crippen LogP contribution in [0.3, 0.4) is 0 Å². The Balaban J connectivity index is 2.11. The van der Waals surface area contributed by atoms with Gasteiger partial charge in [0.1, 0.15) is 0 Å². The average molecular weight is 286 g/mol. The molecule has 8 heteroatoms. The van der Waals surface area contributed by atoms with E-state index in [1.807, 2.05) is 13.8 Å². The van der Waals surface area contributed by atoms with Crippen LogP contribution in [-0.2, 0) is 6.54 Å². The van der Waals surface area contributed by atoms with Crippen molar-refractivity contribution < 1.29 is 18.0 Å². The van der Waals surface area contributed by atoms with Crippen LogP contribution in [0.2, 0.25) is 0 Å². The Bertz CT molecular complexity index is 612. The highest BCUT2D eigenvalue weighted by Crippen LogP contribution is 2.21. The number of hydrogen-bond donors (Lipinski definition) is 0. The zero-order chi connectivity index (χ0) is 14.9. The van der Waals surface area contributed by atoms with Crippen LogP contribution >= 0.6 is 0 Å². The largest absolute Gasteiger partial charge is 0.454 e. The third kappa shape index (κ3) is 3.06. The molecule has 0 aliphatic rings. The molecule has 0 saturated heterocycles. The Hall–Kier alpha value is -2.12. The van der Waals surface area contributed by atoms with E-state index in [0.29, 0.717) is 5.69 Å². The van der Waals surface area contributed by atoms with Gasteiger partial charge in [0, 0.05) is 18.4 Å². The minimum Gasteiger partial charge on any atom is -0.284 e. The van der Waals surface area contributed by atoms with Crippen molar-refractivity contribution >= 4 is 5.78 Å². The van der Waals surface area contributed by atoms with Gasteiger partial charge in [-0.1, -0.05) is 0 Å². The molecule has 20 heavy (non-hydrogen) atoms. The van der Waals surface area contributed by atoms with Crippen molar-refractivity contribution in [3.63, 3.8) is 0 Å². The lowest BCUT2D eigenvalue weighted by atomic mass is 10.2. The standard InChI is InChI=1S/C12H13F3N4O/c1-8(2)19-4-3-10(17-19)7-18-6-9(5-16-18)11(20)12(13,14)15/h3-6,8H,7H2,1-2H3. The van der Waals surface area contributed by atoms with E-state index in [0.717, 1.165) is 12.4 Å². The van der Waals surface area contributed by atoms with Crippen molar-refractivity contribution in [3.05, 3.63) is 35.9 Å². The molecule has 2 rings (SSSR count). The second kappa shape index (κ2) is 5.10. The van der Waals surface area contributed by atoms with Crippen molar-refractivity contribution in [1.29, 1.82) is 0 Å². The molecular weight excluding hydrogens is 273 g/mol. The van der Waals surface area contributed by atoms with Gasteiger partial charge in [0.15, 0.2) is 0 Å². The van der Waals surface area contributed by atoms with E-state index >= 15 is 0 Å². The molecule has 0 N–H and O–H groups in total. The Kier molecular flexibility index (Phi) is 3.65. The molecular formula is C12H13F3N4O. The van der Waals surface area contributed by atoms with Gasteiger partial charge in [-0.3, -0.25) is 14.2 Å². The first kappa shape index (κ1) is 14.3. The van der Waals surface area contributed by atoms with Gasteiger partial charge in [0.25, 0.3) is 5.78 Å². The molecule has 0 aliphatic carbocycles. The number of Topliss-reactive ketones (excluding diaryl/α,β-unsaturated/α-hetero) is 1. The van der Waals surface area contributed by atoms with Crippen molar-refractivity contribution in [3.8, 4) is 0 Å². The Morgan fingerprint density at radius 3 is 2.65 bits per heavy atom. The molecule has 0 aliphatic heterocycles. The van der Waals surface area contributed by atoms with Crippen LogP contribution in [0.4, 0.5) is 13.2 Å². The van der Waals surface area contributed by atoms with E-state index in [1.54, 1.807) is 16.9 Å². The summed E-state index contributed by atoms with van der Waals surface area (Å²) in [6.45, 7) is 4.14. The van der Waals surface area contributed by atoms with Crippen LogP contribution in [0.1, 0.15) is 35.9 Å². The van der Waals surface area contributed by atoms with Crippen LogP contribution in [0, 0.1) is 0 Å². The molecule has 0 spiro atoms. The summed E-state index contributed by atoms with van der Waals surface area (Å²) >= 11 is 0. The lowest BCUT2D eigenvalue weighted by Gasteiger charge is -2.04. The Morgan fingerprint density at radius 2 is 2.10 bits per heavy atom. The summed E-state index contributed by atoms with van der Waals surface area (Å²) < 4.78 is 39.8. The number of carbonyl (C=O) groups is 1. The van der Waals surface area contributed by atoms with Gasteiger partial charge in [-0.25, -0.2) is 0 Å². The molecule has 0 aromatic carbocycles. The fourth-order valence-electron chi connectivity index (χ4n) is 1.65. The summed E-state index contributed by atoms with van der Waals surface area (Å²) in [7, 11) is 0. The highest BCUT2D eigenvalue weighted by molar-refractivity contribution is 5.99. The lowest BCUT2D eigenvalue weighted by Crippen LogP contribution is -2.22. The number of rotatable bonds is 4. The molecule has 2 heterocycles. The van der Waals surface area contributed by atoms with Crippen LogP contribution in [-0.4, -0.2) is 31.5 Å². The molecule has 0 radical (unpaired) electrons. The Labute approximate surface area is 113 Å². The molecule has 5 nitrogen and oxygen atoms in total. The third-order valence-corrected chi connectivity index (χ3v) is 2.67. The summed E-state index contributed by atoms with van der Waals surface area (Å²) in [5.41, 5.74) is 0.189. The summed E-state index contributed by atoms with van der Waals surface area (Å²) in [5, 5.41) is 8.00. The maximum Gasteiger partial charge on any atom is 0.454 e. The molecule has 2 aromatic heterocycles. The van der Waals surface area contributed by atoms with E-state index in [9.17, 15) is 18.0 Å². The summed E-state index contributed by atoms with van der Waals surface area (Å²) in [5.74, 6) is -1.89. The van der Waals surface area contributed by atoms with Gasteiger partial charge >= 0.3 is 6.18 Å². The number of carbonyl (C=O) groups excluding carboxylic acids is 1. The van der Waals surface area contributed by atoms with Gasteiger partial charge in [-0.2, -0.15) is 23.4 Å². The second-order valence-corrected chi connectivity index (χ2v) is 4.63. The minimum atomic E-state index is -4.88. The van der Waals surface area contributed by atoms with Crippen LogP contribution in [0.15, 0.2) is 24.7 Å². The SMILES string of the molecule is CC(C)n1ccc(Cn2cc(C(=O)C(F)(F)F)cn2)n1. The molecule has 2 aromatic rings. The molecule has 0 unspecified atom stereocenters. The first-order valence-corrected chi connectivity index (χ1v) is 5.95. The number of hydrogen-bond acceptors (Lipinski definition) is 3. The van der Waals surface area contributed by atoms with Gasteiger partial charge in [-0.05, 0) is 19.9 Å². The van der Waals surface area contributed by atoms with E-state index in [1.165, 1.54) is 4.68 Å². The fourth-order valence-corrected chi connectivity index (χ4v) is 1.65. The average Bonchev–Trinajstić information content (AvgIpc) is 2.96. The first-order chi connectivity index (χ1) is 9.27. The zero-order valence-corrected chi connectivity index (χ0v) is 10.9. The first-order valence-electron chi connectivity index (χ1n) is 5.95. The number of nitrogens with zero attached hydrogens (tertiary/aromatic N) is 4. The predicted octanol–water partition coefficient (Wildman–Crippen LogP) is 2.45. The normalized spacial score (nSPS) is 12.1. The number of aromatic nitrogens is 4. The quantitative estimate of drug-likeness (QED) is 0.811. The molecule has 0 atom stereocenters. The lowest BCUT2D eigenvalue weighted by molar-refractivity contribution is -0.0885. The maximum absolute atomic E-state index is 12.3. The fraction of sp³-hybridized carbons (Fsp3) is 0.417. The molecule has 0 saturated carbocycles. The summed E-state index contributed by atoms with van der Waals surface area (Å²) in [4.78, 5) is 11.0. The van der Waals surface area contributed by atoms with E-state index in [2.05, 4.69) is 10.2 Å². The van der Waals surface area contributed by atoms with E-state index < -0.39 is 17.5 Å². The van der Waals surface area contributed by atoms with Gasteiger partial charge in [0.2, 0.25) is 0 Å². The van der Waals surface area contributed by atoms with Gasteiger partial charge < -0.3 is 0 Å². The van der Waals surface area contributed by atoms with Crippen LogP contribution in [0.5, 0.6) is 0 Å². The van der Waals surface area contributed by atoms with Gasteiger partial charge in [-0.15, -0.1) is 0 Å². The van der Waals surface area contributed by atoms with Crippen LogP contribution < -0.4 is 0 Å². The second-order valence-electron chi connectivity index (χ2n) is 4.63. The summed E-state index contributed by atoms with van der Waals surface area (Å²) in [6.07, 6.45) is -1.11. The molecule has 0 amide bonds. The molecule has 0 bridgehead atoms. The predicted molar refractivity (Wildman–Crippen MR) is 64.3 cm³/mol. The van der Waals surface area contributed by atoms with E-state index in [-0.39, 0.29) is 12.6 Å². The van der Waals surface area contributed by atoms with Crippen molar-refractivity contribution in [2.24, 2.45) is 0 Å². The zero-order valence-electron chi connectivity index (χ0n) is 10.9. The number of ketones is 1. The topological polar surface area (TPSA) is 52.7 Å². The Morgan fingerprint density at radius 1 is 1.40 bits per heavy atom. The smallest absolute Gasteiger partial charge is 0.284 e. The number of halogens is 3. The van der Waals surface area contributed by atoms with Gasteiger partial charge in [0.05, 0.1) is 24.0 Å². The van der Waals surface area contributed by atoms with Crippen LogP contribution in [0.25, 0.3) is 0 Å². The summed E-state index contributed by atoms with van der Waals surface area (Å²) in [6, 6.07) is 1.95. The van der Waals surface area contributed by atoms with E-state index in [4.69, 9.17) is 0 Å². The maximum atomic E-state index is 12.3. The van der Waals surface area contributed by atoms with Crippen molar-refractivity contribution in [1.82, 2.24) is 19.6 Å².